The zero-order valence-corrected chi connectivity index (χ0v) is 15.7. The van der Waals surface area contributed by atoms with Crippen LogP contribution < -0.4 is 0 Å². The van der Waals surface area contributed by atoms with Crippen LogP contribution in [-0.4, -0.2) is 69.1 Å². The van der Waals surface area contributed by atoms with E-state index in [1.54, 1.807) is 6.20 Å². The molecule has 0 unspecified atom stereocenters. The van der Waals surface area contributed by atoms with Crippen molar-refractivity contribution in [3.63, 3.8) is 0 Å². The average molecular weight is 368 g/mol. The van der Waals surface area contributed by atoms with Crippen LogP contribution in [0.4, 0.5) is 0 Å². The minimum Gasteiger partial charge on any atom is -0.340 e. The van der Waals surface area contributed by atoms with Gasteiger partial charge in [-0.1, -0.05) is 11.3 Å². The van der Waals surface area contributed by atoms with Crippen molar-refractivity contribution in [2.24, 2.45) is 0 Å². The van der Waals surface area contributed by atoms with E-state index in [-0.39, 0.29) is 5.91 Å². The van der Waals surface area contributed by atoms with E-state index in [1.165, 1.54) is 11.3 Å². The highest BCUT2D eigenvalue weighted by molar-refractivity contribution is 7.14. The molecule has 1 saturated heterocycles. The van der Waals surface area contributed by atoms with Crippen molar-refractivity contribution in [2.75, 3.05) is 33.2 Å². The number of amides is 1. The van der Waals surface area contributed by atoms with Gasteiger partial charge in [0.2, 0.25) is 5.91 Å². The molecule has 4 heterocycles. The van der Waals surface area contributed by atoms with Gasteiger partial charge in [-0.3, -0.25) is 9.78 Å². The summed E-state index contributed by atoms with van der Waals surface area (Å²) in [4.78, 5) is 25.8. The minimum atomic E-state index is 0.126. The van der Waals surface area contributed by atoms with E-state index in [4.69, 9.17) is 0 Å². The average Bonchev–Trinajstić information content (AvgIpc) is 3.08. The van der Waals surface area contributed by atoms with Crippen LogP contribution in [0.2, 0.25) is 0 Å². The first-order valence-corrected chi connectivity index (χ1v) is 9.42. The summed E-state index contributed by atoms with van der Waals surface area (Å²) < 4.78 is 0. The van der Waals surface area contributed by atoms with Crippen molar-refractivity contribution in [1.29, 1.82) is 0 Å². The lowest BCUT2D eigenvalue weighted by molar-refractivity contribution is -0.132. The molecule has 134 valence electrons. The number of aromatic nitrogens is 4. The molecule has 7 nitrogen and oxygen atoms in total. The number of piperazine rings is 1. The molecule has 3 aromatic heterocycles. The maximum absolute atomic E-state index is 12.5. The van der Waals surface area contributed by atoms with Crippen LogP contribution in [-0.2, 0) is 11.2 Å². The highest BCUT2D eigenvalue weighted by Crippen LogP contribution is 2.24. The molecular weight excluding hydrogens is 348 g/mol. The monoisotopic (exact) mass is 368 g/mol. The van der Waals surface area contributed by atoms with Crippen molar-refractivity contribution < 1.29 is 4.79 Å². The highest BCUT2D eigenvalue weighted by atomic mass is 32.1. The predicted octanol–water partition coefficient (Wildman–Crippen LogP) is 1.77. The zero-order chi connectivity index (χ0) is 18.1. The highest BCUT2D eigenvalue weighted by Gasteiger charge is 2.19. The Morgan fingerprint density at radius 3 is 2.73 bits per heavy atom. The van der Waals surface area contributed by atoms with Gasteiger partial charge in [-0.2, -0.15) is 0 Å². The van der Waals surface area contributed by atoms with Crippen molar-refractivity contribution >= 4 is 28.1 Å². The Labute approximate surface area is 155 Å². The van der Waals surface area contributed by atoms with Crippen LogP contribution >= 0.6 is 11.3 Å². The molecule has 0 spiro atoms. The summed E-state index contributed by atoms with van der Waals surface area (Å²) >= 11 is 1.52. The van der Waals surface area contributed by atoms with Gasteiger partial charge in [-0.15, -0.1) is 10.2 Å². The Kier molecular flexibility index (Phi) is 4.60. The Morgan fingerprint density at radius 2 is 2.00 bits per heavy atom. The molecule has 0 saturated carbocycles. The molecule has 0 N–H and O–H groups in total. The third-order valence-corrected chi connectivity index (χ3v) is 5.42. The fraction of sp³-hybridized carbons (Fsp3) is 0.389. The molecule has 8 heteroatoms. The summed E-state index contributed by atoms with van der Waals surface area (Å²) in [5.74, 6) is 0.126. The first-order valence-electron chi connectivity index (χ1n) is 8.61. The largest absolute Gasteiger partial charge is 0.340 e. The van der Waals surface area contributed by atoms with E-state index >= 15 is 0 Å². The van der Waals surface area contributed by atoms with Crippen LogP contribution in [0, 0.1) is 6.92 Å². The van der Waals surface area contributed by atoms with Gasteiger partial charge in [0.15, 0.2) is 5.01 Å². The molecule has 0 atom stereocenters. The van der Waals surface area contributed by atoms with E-state index in [2.05, 4.69) is 32.1 Å². The maximum Gasteiger partial charge on any atom is 0.228 e. The van der Waals surface area contributed by atoms with Crippen LogP contribution in [0.3, 0.4) is 0 Å². The second kappa shape index (κ2) is 7.05. The summed E-state index contributed by atoms with van der Waals surface area (Å²) in [7, 11) is 2.08. The van der Waals surface area contributed by atoms with Crippen molar-refractivity contribution in [3.8, 4) is 10.7 Å². The van der Waals surface area contributed by atoms with Gasteiger partial charge in [-0.25, -0.2) is 4.98 Å². The molecule has 0 radical (unpaired) electrons. The first-order chi connectivity index (χ1) is 12.6. The first kappa shape index (κ1) is 17.0. The molecule has 3 aromatic rings. The lowest BCUT2D eigenvalue weighted by Gasteiger charge is -2.32. The molecule has 0 aliphatic carbocycles. The second-order valence-corrected chi connectivity index (χ2v) is 7.73. The van der Waals surface area contributed by atoms with Crippen LogP contribution in [0.1, 0.15) is 10.7 Å². The number of carbonyl (C=O) groups excluding carboxylic acids is 1. The van der Waals surface area contributed by atoms with Gasteiger partial charge in [-0.05, 0) is 32.2 Å². The third kappa shape index (κ3) is 3.56. The van der Waals surface area contributed by atoms with Crippen molar-refractivity contribution in [1.82, 2.24) is 30.0 Å². The van der Waals surface area contributed by atoms with E-state index in [0.29, 0.717) is 6.42 Å². The van der Waals surface area contributed by atoms with Crippen LogP contribution in [0.25, 0.3) is 21.6 Å². The number of fused-ring (bicyclic) bond motifs is 1. The summed E-state index contributed by atoms with van der Waals surface area (Å²) in [5, 5.41) is 10.9. The van der Waals surface area contributed by atoms with Gasteiger partial charge >= 0.3 is 0 Å². The molecule has 4 rings (SSSR count). The van der Waals surface area contributed by atoms with E-state index < -0.39 is 0 Å². The Hall–Kier alpha value is -2.45. The minimum absolute atomic E-state index is 0.126. The smallest absolute Gasteiger partial charge is 0.228 e. The summed E-state index contributed by atoms with van der Waals surface area (Å²) in [6.45, 7) is 5.32. The number of likely N-dealkylation sites (N-methyl/N-ethyl adjacent to an activating group) is 1. The molecule has 1 amide bonds. The number of pyridine rings is 2. The predicted molar refractivity (Wildman–Crippen MR) is 101 cm³/mol. The zero-order valence-electron chi connectivity index (χ0n) is 14.8. The van der Waals surface area contributed by atoms with Crippen molar-refractivity contribution in [2.45, 2.75) is 13.3 Å². The molecule has 0 bridgehead atoms. The van der Waals surface area contributed by atoms with E-state index in [9.17, 15) is 4.79 Å². The normalized spacial score (nSPS) is 15.5. The molecular formula is C18H20N6OS. The van der Waals surface area contributed by atoms with Gasteiger partial charge in [0.05, 0.1) is 17.6 Å². The lowest BCUT2D eigenvalue weighted by atomic mass is 10.2. The maximum atomic E-state index is 12.5. The van der Waals surface area contributed by atoms with Gasteiger partial charge < -0.3 is 9.80 Å². The standard InChI is InChI=1S/C18H20N6OS/c1-12-21-22-18(26-12)15-4-3-13-11-19-14(9-16(13)20-15)10-17(25)24-7-5-23(2)6-8-24/h3-4,9,11H,5-8,10H2,1-2H3. The Balaban J connectivity index is 1.55. The fourth-order valence-electron chi connectivity index (χ4n) is 3.00. The van der Waals surface area contributed by atoms with Gasteiger partial charge in [0.1, 0.15) is 10.7 Å². The molecule has 0 aromatic carbocycles. The number of hydrogen-bond acceptors (Lipinski definition) is 7. The quantitative estimate of drug-likeness (QED) is 0.701. The Morgan fingerprint density at radius 1 is 1.19 bits per heavy atom. The fourth-order valence-corrected chi connectivity index (χ4v) is 3.66. The van der Waals surface area contributed by atoms with Crippen molar-refractivity contribution in [3.05, 3.63) is 35.1 Å². The Bertz CT molecular complexity index is 948. The SMILES string of the molecule is Cc1nnc(-c2ccc3cnc(CC(=O)N4CCN(C)CC4)cc3n2)s1. The second-order valence-electron chi connectivity index (χ2n) is 6.55. The number of hydrogen-bond donors (Lipinski definition) is 0. The number of nitrogens with zero attached hydrogens (tertiary/aromatic N) is 6. The third-order valence-electron chi connectivity index (χ3n) is 4.56. The molecule has 1 fully saturated rings. The van der Waals surface area contributed by atoms with Gasteiger partial charge in [0, 0.05) is 37.8 Å². The molecule has 26 heavy (non-hydrogen) atoms. The van der Waals surface area contributed by atoms with E-state index in [1.807, 2.05) is 30.0 Å². The summed E-state index contributed by atoms with van der Waals surface area (Å²) in [6.07, 6.45) is 2.09. The topological polar surface area (TPSA) is 75.1 Å². The van der Waals surface area contributed by atoms with Crippen LogP contribution in [0.15, 0.2) is 24.4 Å². The number of aryl methyl sites for hydroxylation is 1. The lowest BCUT2D eigenvalue weighted by Crippen LogP contribution is -2.47. The summed E-state index contributed by atoms with van der Waals surface area (Å²) in [5.41, 5.74) is 2.37. The number of carbonyl (C=O) groups is 1. The number of rotatable bonds is 3. The van der Waals surface area contributed by atoms with Gasteiger partial charge in [0.25, 0.3) is 0 Å². The molecule has 1 aliphatic rings. The van der Waals surface area contributed by atoms with E-state index in [0.717, 1.165) is 58.5 Å². The van der Waals surface area contributed by atoms with Crippen LogP contribution in [0.5, 0.6) is 0 Å². The summed E-state index contributed by atoms with van der Waals surface area (Å²) in [6, 6.07) is 5.81. The molecule has 1 aliphatic heterocycles.